The summed E-state index contributed by atoms with van der Waals surface area (Å²) in [6, 6.07) is 0.662. The van der Waals surface area contributed by atoms with Crippen molar-refractivity contribution in [1.29, 1.82) is 0 Å². The predicted molar refractivity (Wildman–Crippen MR) is 83.1 cm³/mol. The molecule has 2 unspecified atom stereocenters. The Hall–Kier alpha value is -0.120. The van der Waals surface area contributed by atoms with Gasteiger partial charge in [0.25, 0.3) is 0 Å². The lowest BCUT2D eigenvalue weighted by atomic mass is 9.98. The number of rotatable bonds is 8. The van der Waals surface area contributed by atoms with E-state index in [0.29, 0.717) is 18.2 Å². The summed E-state index contributed by atoms with van der Waals surface area (Å²) in [4.78, 5) is 0. The first-order valence-corrected chi connectivity index (χ1v) is 8.85. The molecule has 1 aliphatic carbocycles. The molecule has 3 heteroatoms. The van der Waals surface area contributed by atoms with Crippen LogP contribution in [0.2, 0.25) is 0 Å². The molecule has 0 aromatic rings. The molecule has 0 spiro atoms. The summed E-state index contributed by atoms with van der Waals surface area (Å²) >= 11 is 0. The van der Waals surface area contributed by atoms with Crippen LogP contribution >= 0.6 is 0 Å². The lowest BCUT2D eigenvalue weighted by Gasteiger charge is -2.30. The van der Waals surface area contributed by atoms with Crippen molar-refractivity contribution in [2.75, 3.05) is 19.8 Å². The largest absolute Gasteiger partial charge is 0.378 e. The summed E-state index contributed by atoms with van der Waals surface area (Å²) in [6.07, 6.45) is 13.7. The van der Waals surface area contributed by atoms with Gasteiger partial charge >= 0.3 is 0 Å². The summed E-state index contributed by atoms with van der Waals surface area (Å²) in [5.74, 6) is 0. The van der Waals surface area contributed by atoms with Gasteiger partial charge in [0.15, 0.2) is 0 Å². The Bertz CT molecular complexity index is 239. The zero-order valence-corrected chi connectivity index (χ0v) is 13.2. The van der Waals surface area contributed by atoms with E-state index in [9.17, 15) is 0 Å². The standard InChI is InChI=1S/C17H33NO2/c1-2-7-17-14-15(10-13-20-17)18-11-6-12-19-16-8-4-3-5-9-16/h15-18H,2-14H2,1H3. The predicted octanol–water partition coefficient (Wildman–Crippen LogP) is 3.66. The van der Waals surface area contributed by atoms with Crippen LogP contribution in [0.4, 0.5) is 0 Å². The van der Waals surface area contributed by atoms with Crippen LogP contribution in [0.5, 0.6) is 0 Å². The van der Waals surface area contributed by atoms with Crippen LogP contribution in [0.25, 0.3) is 0 Å². The van der Waals surface area contributed by atoms with Crippen molar-refractivity contribution >= 4 is 0 Å². The normalized spacial score (nSPS) is 28.6. The van der Waals surface area contributed by atoms with Gasteiger partial charge in [-0.3, -0.25) is 0 Å². The molecule has 1 saturated carbocycles. The van der Waals surface area contributed by atoms with E-state index >= 15 is 0 Å². The van der Waals surface area contributed by atoms with E-state index in [-0.39, 0.29) is 0 Å². The average Bonchev–Trinajstić information content (AvgIpc) is 2.49. The van der Waals surface area contributed by atoms with E-state index < -0.39 is 0 Å². The van der Waals surface area contributed by atoms with Crippen LogP contribution in [0.15, 0.2) is 0 Å². The Morgan fingerprint density at radius 3 is 2.80 bits per heavy atom. The lowest BCUT2D eigenvalue weighted by molar-refractivity contribution is -0.00437. The molecule has 3 nitrogen and oxygen atoms in total. The summed E-state index contributed by atoms with van der Waals surface area (Å²) in [5.41, 5.74) is 0. The minimum absolute atomic E-state index is 0.490. The SMILES string of the molecule is CCCC1CC(NCCCOC2CCCCC2)CCO1. The van der Waals surface area contributed by atoms with Gasteiger partial charge in [-0.25, -0.2) is 0 Å². The second kappa shape index (κ2) is 9.75. The number of hydrogen-bond donors (Lipinski definition) is 1. The molecule has 1 heterocycles. The van der Waals surface area contributed by atoms with Crippen LogP contribution in [0.1, 0.15) is 71.1 Å². The zero-order valence-electron chi connectivity index (χ0n) is 13.2. The highest BCUT2D eigenvalue weighted by Crippen LogP contribution is 2.20. The van der Waals surface area contributed by atoms with Gasteiger partial charge in [-0.15, -0.1) is 0 Å². The zero-order chi connectivity index (χ0) is 14.0. The van der Waals surface area contributed by atoms with E-state index in [1.807, 2.05) is 0 Å². The molecule has 0 aromatic carbocycles. The molecule has 20 heavy (non-hydrogen) atoms. The smallest absolute Gasteiger partial charge is 0.0589 e. The molecule has 1 saturated heterocycles. The second-order valence-corrected chi connectivity index (χ2v) is 6.44. The van der Waals surface area contributed by atoms with Gasteiger partial charge in [0, 0.05) is 19.3 Å². The van der Waals surface area contributed by atoms with Gasteiger partial charge in [-0.1, -0.05) is 32.6 Å². The van der Waals surface area contributed by atoms with Crippen LogP contribution in [-0.4, -0.2) is 38.0 Å². The molecule has 1 N–H and O–H groups in total. The van der Waals surface area contributed by atoms with E-state index in [1.165, 1.54) is 57.8 Å². The van der Waals surface area contributed by atoms with Gasteiger partial charge in [-0.2, -0.15) is 0 Å². The maximum Gasteiger partial charge on any atom is 0.0589 e. The molecular weight excluding hydrogens is 250 g/mol. The summed E-state index contributed by atoms with van der Waals surface area (Å²) < 4.78 is 11.8. The monoisotopic (exact) mass is 283 g/mol. The highest BCUT2D eigenvalue weighted by Gasteiger charge is 2.21. The van der Waals surface area contributed by atoms with Crippen molar-refractivity contribution < 1.29 is 9.47 Å². The maximum atomic E-state index is 5.97. The first-order valence-electron chi connectivity index (χ1n) is 8.85. The van der Waals surface area contributed by atoms with Gasteiger partial charge in [0.05, 0.1) is 12.2 Å². The second-order valence-electron chi connectivity index (χ2n) is 6.44. The van der Waals surface area contributed by atoms with Crippen molar-refractivity contribution in [3.63, 3.8) is 0 Å². The van der Waals surface area contributed by atoms with Crippen molar-refractivity contribution in [2.24, 2.45) is 0 Å². The van der Waals surface area contributed by atoms with Crippen molar-refractivity contribution in [2.45, 2.75) is 89.4 Å². The molecule has 2 fully saturated rings. The molecule has 2 atom stereocenters. The number of hydrogen-bond acceptors (Lipinski definition) is 3. The first kappa shape index (κ1) is 16.3. The minimum atomic E-state index is 0.490. The molecule has 118 valence electrons. The van der Waals surface area contributed by atoms with Crippen molar-refractivity contribution in [3.8, 4) is 0 Å². The molecule has 2 rings (SSSR count). The molecule has 2 aliphatic rings. The molecule has 0 radical (unpaired) electrons. The van der Waals surface area contributed by atoms with E-state index in [1.54, 1.807) is 0 Å². The molecular formula is C17H33NO2. The third-order valence-corrected chi connectivity index (χ3v) is 4.64. The molecule has 0 bridgehead atoms. The van der Waals surface area contributed by atoms with Gasteiger partial charge < -0.3 is 14.8 Å². The maximum absolute atomic E-state index is 5.97. The van der Waals surface area contributed by atoms with Gasteiger partial charge in [-0.05, 0) is 45.1 Å². The fourth-order valence-corrected chi connectivity index (χ4v) is 3.45. The minimum Gasteiger partial charge on any atom is -0.378 e. The Morgan fingerprint density at radius 2 is 2.00 bits per heavy atom. The topological polar surface area (TPSA) is 30.5 Å². The average molecular weight is 283 g/mol. The Kier molecular flexibility index (Phi) is 7.92. The summed E-state index contributed by atoms with van der Waals surface area (Å²) in [5, 5.41) is 3.69. The van der Waals surface area contributed by atoms with Crippen molar-refractivity contribution in [1.82, 2.24) is 5.32 Å². The third kappa shape index (κ3) is 6.11. The van der Waals surface area contributed by atoms with E-state index in [0.717, 1.165) is 26.2 Å². The van der Waals surface area contributed by atoms with Crippen LogP contribution in [0, 0.1) is 0 Å². The highest BCUT2D eigenvalue weighted by atomic mass is 16.5. The fourth-order valence-electron chi connectivity index (χ4n) is 3.45. The molecule has 0 aromatic heterocycles. The van der Waals surface area contributed by atoms with Gasteiger partial charge in [0.2, 0.25) is 0 Å². The first-order chi connectivity index (χ1) is 9.88. The third-order valence-electron chi connectivity index (χ3n) is 4.64. The Labute approximate surface area is 124 Å². The van der Waals surface area contributed by atoms with Crippen LogP contribution in [-0.2, 0) is 9.47 Å². The number of nitrogens with one attached hydrogen (secondary N) is 1. The number of ether oxygens (including phenoxy) is 2. The summed E-state index contributed by atoms with van der Waals surface area (Å²) in [7, 11) is 0. The quantitative estimate of drug-likeness (QED) is 0.690. The van der Waals surface area contributed by atoms with Crippen LogP contribution in [0.3, 0.4) is 0 Å². The van der Waals surface area contributed by atoms with E-state index in [2.05, 4.69) is 12.2 Å². The van der Waals surface area contributed by atoms with E-state index in [4.69, 9.17) is 9.47 Å². The Balaban J connectivity index is 1.47. The summed E-state index contributed by atoms with van der Waals surface area (Å²) in [6.45, 7) is 5.19. The van der Waals surface area contributed by atoms with Crippen LogP contribution < -0.4 is 5.32 Å². The highest BCUT2D eigenvalue weighted by molar-refractivity contribution is 4.76. The van der Waals surface area contributed by atoms with Crippen molar-refractivity contribution in [3.05, 3.63) is 0 Å². The fraction of sp³-hybridized carbons (Fsp3) is 1.00. The Morgan fingerprint density at radius 1 is 1.15 bits per heavy atom. The van der Waals surface area contributed by atoms with Gasteiger partial charge in [0.1, 0.15) is 0 Å². The molecule has 1 aliphatic heterocycles. The lowest BCUT2D eigenvalue weighted by Crippen LogP contribution is -2.39. The molecule has 0 amide bonds.